The molecular formula is C8H12BrN. The van der Waals surface area contributed by atoms with E-state index in [2.05, 4.69) is 22.5 Å². The fourth-order valence-corrected chi connectivity index (χ4v) is 1.03. The SMILES string of the molecule is C=C/C=C(Br)\C=C(/C)CN. The van der Waals surface area contributed by atoms with E-state index in [0.717, 1.165) is 10.1 Å². The van der Waals surface area contributed by atoms with Crippen molar-refractivity contribution in [2.75, 3.05) is 6.54 Å². The number of hydrogen-bond acceptors (Lipinski definition) is 1. The van der Waals surface area contributed by atoms with Crippen LogP contribution in [0.25, 0.3) is 0 Å². The van der Waals surface area contributed by atoms with Crippen LogP contribution in [0, 0.1) is 0 Å². The summed E-state index contributed by atoms with van der Waals surface area (Å²) in [5.41, 5.74) is 6.52. The summed E-state index contributed by atoms with van der Waals surface area (Å²) in [5.74, 6) is 0. The maximum atomic E-state index is 5.37. The molecule has 0 heterocycles. The Kier molecular flexibility index (Phi) is 5.26. The van der Waals surface area contributed by atoms with Crippen LogP contribution in [0.5, 0.6) is 0 Å². The zero-order chi connectivity index (χ0) is 7.98. The molecule has 0 saturated heterocycles. The van der Waals surface area contributed by atoms with Crippen LogP contribution in [0.4, 0.5) is 0 Å². The fourth-order valence-electron chi connectivity index (χ4n) is 0.455. The summed E-state index contributed by atoms with van der Waals surface area (Å²) in [6.07, 6.45) is 5.57. The van der Waals surface area contributed by atoms with Gasteiger partial charge in [-0.2, -0.15) is 0 Å². The number of rotatable bonds is 3. The molecule has 56 valence electrons. The molecule has 0 amide bonds. The third-order valence-electron chi connectivity index (χ3n) is 0.983. The Balaban J connectivity index is 4.11. The average Bonchev–Trinajstić information content (AvgIpc) is 1.88. The van der Waals surface area contributed by atoms with Crippen molar-refractivity contribution in [3.05, 3.63) is 34.9 Å². The summed E-state index contributed by atoms with van der Waals surface area (Å²) in [6, 6.07) is 0. The van der Waals surface area contributed by atoms with Gasteiger partial charge in [0.2, 0.25) is 0 Å². The molecule has 0 radical (unpaired) electrons. The quantitative estimate of drug-likeness (QED) is 0.698. The van der Waals surface area contributed by atoms with Gasteiger partial charge in [-0.1, -0.05) is 34.2 Å². The first kappa shape index (κ1) is 9.66. The molecule has 0 aromatic carbocycles. The predicted molar refractivity (Wildman–Crippen MR) is 50.0 cm³/mol. The van der Waals surface area contributed by atoms with E-state index in [1.54, 1.807) is 6.08 Å². The zero-order valence-electron chi connectivity index (χ0n) is 6.10. The number of halogens is 1. The van der Waals surface area contributed by atoms with Gasteiger partial charge in [-0.3, -0.25) is 0 Å². The van der Waals surface area contributed by atoms with Crippen molar-refractivity contribution in [2.24, 2.45) is 5.73 Å². The second kappa shape index (κ2) is 5.45. The Morgan fingerprint density at radius 2 is 2.30 bits per heavy atom. The molecule has 0 fully saturated rings. The zero-order valence-corrected chi connectivity index (χ0v) is 7.69. The second-order valence-corrected chi connectivity index (χ2v) is 2.90. The lowest BCUT2D eigenvalue weighted by atomic mass is 10.3. The highest BCUT2D eigenvalue weighted by atomic mass is 79.9. The molecular weight excluding hydrogens is 190 g/mol. The Hall–Kier alpha value is -0.340. The standard InChI is InChI=1S/C8H12BrN/c1-3-4-8(9)5-7(2)6-10/h3-5H,1,6,10H2,2H3/b7-5+,8-4+. The number of allylic oxidation sites excluding steroid dienone is 4. The smallest absolute Gasteiger partial charge is 0.0174 e. The molecule has 0 spiro atoms. The molecule has 2 heteroatoms. The maximum Gasteiger partial charge on any atom is 0.0174 e. The van der Waals surface area contributed by atoms with Crippen LogP contribution < -0.4 is 5.73 Å². The molecule has 0 aromatic heterocycles. The van der Waals surface area contributed by atoms with Gasteiger partial charge in [0.15, 0.2) is 0 Å². The van der Waals surface area contributed by atoms with Crippen molar-refractivity contribution in [3.63, 3.8) is 0 Å². The van der Waals surface area contributed by atoms with Crippen LogP contribution in [0.3, 0.4) is 0 Å². The van der Waals surface area contributed by atoms with Crippen molar-refractivity contribution in [2.45, 2.75) is 6.92 Å². The monoisotopic (exact) mass is 201 g/mol. The van der Waals surface area contributed by atoms with E-state index in [1.165, 1.54) is 0 Å². The fraction of sp³-hybridized carbons (Fsp3) is 0.250. The minimum Gasteiger partial charge on any atom is -0.327 e. The topological polar surface area (TPSA) is 26.0 Å². The Morgan fingerprint density at radius 3 is 2.70 bits per heavy atom. The Morgan fingerprint density at radius 1 is 1.70 bits per heavy atom. The minimum absolute atomic E-state index is 0.597. The summed E-state index contributed by atoms with van der Waals surface area (Å²) >= 11 is 3.34. The van der Waals surface area contributed by atoms with E-state index >= 15 is 0 Å². The summed E-state index contributed by atoms with van der Waals surface area (Å²) in [5, 5.41) is 0. The largest absolute Gasteiger partial charge is 0.327 e. The molecule has 0 aliphatic rings. The van der Waals surface area contributed by atoms with E-state index in [9.17, 15) is 0 Å². The van der Waals surface area contributed by atoms with E-state index in [0.29, 0.717) is 6.54 Å². The molecule has 0 unspecified atom stereocenters. The summed E-state index contributed by atoms with van der Waals surface area (Å²) in [4.78, 5) is 0. The van der Waals surface area contributed by atoms with Gasteiger partial charge in [0.1, 0.15) is 0 Å². The van der Waals surface area contributed by atoms with E-state index in [-0.39, 0.29) is 0 Å². The van der Waals surface area contributed by atoms with E-state index in [1.807, 2.05) is 19.1 Å². The first-order valence-corrected chi connectivity index (χ1v) is 3.85. The Labute approximate surface area is 70.4 Å². The van der Waals surface area contributed by atoms with Gasteiger partial charge in [-0.05, 0) is 19.1 Å². The lowest BCUT2D eigenvalue weighted by Gasteiger charge is -1.92. The average molecular weight is 202 g/mol. The maximum absolute atomic E-state index is 5.37. The molecule has 1 nitrogen and oxygen atoms in total. The van der Waals surface area contributed by atoms with Crippen molar-refractivity contribution in [1.82, 2.24) is 0 Å². The minimum atomic E-state index is 0.597. The predicted octanol–water partition coefficient (Wildman–Crippen LogP) is 2.36. The van der Waals surface area contributed by atoms with Crippen molar-refractivity contribution in [3.8, 4) is 0 Å². The van der Waals surface area contributed by atoms with Crippen LogP contribution in [-0.4, -0.2) is 6.54 Å². The van der Waals surface area contributed by atoms with Gasteiger partial charge < -0.3 is 5.73 Å². The molecule has 0 aromatic rings. The highest BCUT2D eigenvalue weighted by molar-refractivity contribution is 9.11. The summed E-state index contributed by atoms with van der Waals surface area (Å²) in [6.45, 7) is 6.15. The van der Waals surface area contributed by atoms with Gasteiger partial charge in [0.25, 0.3) is 0 Å². The highest BCUT2D eigenvalue weighted by Crippen LogP contribution is 2.08. The molecule has 0 atom stereocenters. The molecule has 10 heavy (non-hydrogen) atoms. The van der Waals surface area contributed by atoms with Crippen molar-refractivity contribution < 1.29 is 0 Å². The van der Waals surface area contributed by atoms with E-state index in [4.69, 9.17) is 5.73 Å². The normalized spacial score (nSPS) is 13.5. The van der Waals surface area contributed by atoms with Gasteiger partial charge >= 0.3 is 0 Å². The van der Waals surface area contributed by atoms with Crippen LogP contribution >= 0.6 is 15.9 Å². The second-order valence-electron chi connectivity index (χ2n) is 1.98. The van der Waals surface area contributed by atoms with Crippen LogP contribution in [-0.2, 0) is 0 Å². The molecule has 0 bridgehead atoms. The first-order chi connectivity index (χ1) is 4.70. The third-order valence-corrected chi connectivity index (χ3v) is 1.48. The van der Waals surface area contributed by atoms with Gasteiger partial charge in [0.05, 0.1) is 0 Å². The number of nitrogens with two attached hydrogens (primary N) is 1. The summed E-state index contributed by atoms with van der Waals surface area (Å²) in [7, 11) is 0. The highest BCUT2D eigenvalue weighted by Gasteiger charge is 1.85. The Bertz CT molecular complexity index is 168. The van der Waals surface area contributed by atoms with Crippen molar-refractivity contribution >= 4 is 15.9 Å². The van der Waals surface area contributed by atoms with Crippen molar-refractivity contribution in [1.29, 1.82) is 0 Å². The van der Waals surface area contributed by atoms with Gasteiger partial charge in [-0.15, -0.1) is 0 Å². The summed E-state index contributed by atoms with van der Waals surface area (Å²) < 4.78 is 1.01. The molecule has 0 aliphatic carbocycles. The van der Waals surface area contributed by atoms with Gasteiger partial charge in [0, 0.05) is 11.0 Å². The number of hydrogen-bond donors (Lipinski definition) is 1. The van der Waals surface area contributed by atoms with Gasteiger partial charge in [-0.25, -0.2) is 0 Å². The molecule has 2 N–H and O–H groups in total. The molecule has 0 saturated carbocycles. The van der Waals surface area contributed by atoms with Crippen LogP contribution in [0.2, 0.25) is 0 Å². The van der Waals surface area contributed by atoms with Crippen LogP contribution in [0.15, 0.2) is 34.9 Å². The van der Waals surface area contributed by atoms with Crippen LogP contribution in [0.1, 0.15) is 6.92 Å². The molecule has 0 aliphatic heterocycles. The third kappa shape index (κ3) is 4.53. The van der Waals surface area contributed by atoms with E-state index < -0.39 is 0 Å². The first-order valence-electron chi connectivity index (χ1n) is 3.06. The molecule has 0 rings (SSSR count). The lowest BCUT2D eigenvalue weighted by molar-refractivity contribution is 1.14. The lowest BCUT2D eigenvalue weighted by Crippen LogP contribution is -1.99.